The van der Waals surface area contributed by atoms with Crippen LogP contribution in [0.2, 0.25) is 0 Å². The first-order valence-corrected chi connectivity index (χ1v) is 8.78. The number of hydrogen-bond acceptors (Lipinski definition) is 4. The molecule has 0 unspecified atom stereocenters. The Hall–Kier alpha value is -3.08. The number of rotatable bonds is 3. The molecule has 1 aliphatic heterocycles. The molecule has 0 spiro atoms. The van der Waals surface area contributed by atoms with E-state index in [0.29, 0.717) is 18.7 Å². The molecule has 5 heteroatoms. The van der Waals surface area contributed by atoms with Gasteiger partial charge < -0.3 is 14.5 Å². The average Bonchev–Trinajstić information content (AvgIpc) is 2.73. The van der Waals surface area contributed by atoms with Crippen LogP contribution in [-0.4, -0.2) is 49.1 Å². The van der Waals surface area contributed by atoms with Gasteiger partial charge in [0, 0.05) is 43.3 Å². The lowest BCUT2D eigenvalue weighted by atomic mass is 10.1. The highest BCUT2D eigenvalue weighted by molar-refractivity contribution is 5.94. The van der Waals surface area contributed by atoms with Crippen LogP contribution < -0.4 is 9.64 Å². The number of pyridine rings is 1. The van der Waals surface area contributed by atoms with E-state index in [-0.39, 0.29) is 5.91 Å². The Kier molecular flexibility index (Phi) is 4.44. The fraction of sp³-hybridized carbons (Fsp3) is 0.238. The van der Waals surface area contributed by atoms with Crippen molar-refractivity contribution < 1.29 is 9.53 Å². The lowest BCUT2D eigenvalue weighted by Gasteiger charge is -2.35. The van der Waals surface area contributed by atoms with Crippen LogP contribution in [0.25, 0.3) is 10.8 Å². The van der Waals surface area contributed by atoms with Gasteiger partial charge in [-0.3, -0.25) is 4.79 Å². The standard InChI is InChI=1S/C21H21N3O2/c1-26-19-8-6-16(7-9-19)21(25)24-12-10-23(11-13-24)20-14-17-4-2-3-5-18(17)15-22-20/h2-9,14-15H,10-13H2,1H3. The van der Waals surface area contributed by atoms with E-state index in [9.17, 15) is 4.79 Å². The maximum Gasteiger partial charge on any atom is 0.253 e. The van der Waals surface area contributed by atoms with E-state index < -0.39 is 0 Å². The number of amides is 1. The number of hydrogen-bond donors (Lipinski definition) is 0. The third-order valence-corrected chi connectivity index (χ3v) is 4.84. The molecule has 26 heavy (non-hydrogen) atoms. The van der Waals surface area contributed by atoms with Crippen LogP contribution in [-0.2, 0) is 0 Å². The number of piperazine rings is 1. The van der Waals surface area contributed by atoms with E-state index in [0.717, 1.165) is 30.0 Å². The number of carbonyl (C=O) groups is 1. The number of ether oxygens (including phenoxy) is 1. The first-order valence-electron chi connectivity index (χ1n) is 8.78. The molecule has 0 saturated carbocycles. The molecular formula is C21H21N3O2. The number of fused-ring (bicyclic) bond motifs is 1. The Bertz CT molecular complexity index is 916. The smallest absolute Gasteiger partial charge is 0.253 e. The van der Waals surface area contributed by atoms with E-state index in [1.54, 1.807) is 7.11 Å². The molecule has 0 atom stereocenters. The largest absolute Gasteiger partial charge is 0.497 e. The normalized spacial score (nSPS) is 14.5. The Morgan fingerprint density at radius 1 is 0.962 bits per heavy atom. The second-order valence-corrected chi connectivity index (χ2v) is 6.40. The summed E-state index contributed by atoms with van der Waals surface area (Å²) in [6.07, 6.45) is 1.92. The molecule has 3 aromatic rings. The quantitative estimate of drug-likeness (QED) is 0.730. The Balaban J connectivity index is 1.43. The van der Waals surface area contributed by atoms with Crippen LogP contribution in [0.3, 0.4) is 0 Å². The molecule has 1 aromatic heterocycles. The second-order valence-electron chi connectivity index (χ2n) is 6.40. The van der Waals surface area contributed by atoms with Crippen molar-refractivity contribution >= 4 is 22.5 Å². The minimum Gasteiger partial charge on any atom is -0.497 e. The van der Waals surface area contributed by atoms with Crippen molar-refractivity contribution in [2.24, 2.45) is 0 Å². The van der Waals surface area contributed by atoms with Gasteiger partial charge in [-0.05, 0) is 35.7 Å². The monoisotopic (exact) mass is 347 g/mol. The van der Waals surface area contributed by atoms with Crippen LogP contribution in [0.15, 0.2) is 60.8 Å². The summed E-state index contributed by atoms with van der Waals surface area (Å²) in [5.41, 5.74) is 0.697. The first kappa shape index (κ1) is 16.4. The summed E-state index contributed by atoms with van der Waals surface area (Å²) in [5.74, 6) is 1.80. The molecule has 0 aliphatic carbocycles. The average molecular weight is 347 g/mol. The molecule has 0 N–H and O–H groups in total. The Morgan fingerprint density at radius 3 is 2.35 bits per heavy atom. The van der Waals surface area contributed by atoms with Crippen LogP contribution in [0.5, 0.6) is 5.75 Å². The number of methoxy groups -OCH3 is 1. The minimum atomic E-state index is 0.0683. The zero-order valence-electron chi connectivity index (χ0n) is 14.8. The van der Waals surface area contributed by atoms with Gasteiger partial charge in [0.25, 0.3) is 5.91 Å². The van der Waals surface area contributed by atoms with Crippen LogP contribution in [0, 0.1) is 0 Å². The summed E-state index contributed by atoms with van der Waals surface area (Å²) in [4.78, 5) is 21.4. The fourth-order valence-electron chi connectivity index (χ4n) is 3.30. The summed E-state index contributed by atoms with van der Waals surface area (Å²) >= 11 is 0. The topological polar surface area (TPSA) is 45.7 Å². The van der Waals surface area contributed by atoms with Gasteiger partial charge in [0.05, 0.1) is 7.11 Å². The SMILES string of the molecule is COc1ccc(C(=O)N2CCN(c3cc4ccccc4cn3)CC2)cc1. The molecule has 5 nitrogen and oxygen atoms in total. The third kappa shape index (κ3) is 3.20. The van der Waals surface area contributed by atoms with E-state index in [4.69, 9.17) is 4.74 Å². The maximum atomic E-state index is 12.7. The molecule has 4 rings (SSSR count). The molecule has 2 aromatic carbocycles. The van der Waals surface area contributed by atoms with Crippen molar-refractivity contribution in [1.29, 1.82) is 0 Å². The second kappa shape index (κ2) is 7.04. The highest BCUT2D eigenvalue weighted by Gasteiger charge is 2.23. The van der Waals surface area contributed by atoms with E-state index in [1.807, 2.05) is 47.5 Å². The predicted molar refractivity (Wildman–Crippen MR) is 103 cm³/mol. The molecule has 1 aliphatic rings. The van der Waals surface area contributed by atoms with Gasteiger partial charge in [-0.1, -0.05) is 24.3 Å². The Morgan fingerprint density at radius 2 is 1.65 bits per heavy atom. The molecule has 0 bridgehead atoms. The molecular weight excluding hydrogens is 326 g/mol. The van der Waals surface area contributed by atoms with Gasteiger partial charge in [0.2, 0.25) is 0 Å². The summed E-state index contributed by atoms with van der Waals surface area (Å²) < 4.78 is 5.15. The predicted octanol–water partition coefficient (Wildman–Crippen LogP) is 3.21. The van der Waals surface area contributed by atoms with Crippen molar-refractivity contribution in [3.05, 3.63) is 66.4 Å². The lowest BCUT2D eigenvalue weighted by molar-refractivity contribution is 0.0746. The highest BCUT2D eigenvalue weighted by Crippen LogP contribution is 2.21. The molecule has 1 saturated heterocycles. The van der Waals surface area contributed by atoms with Crippen LogP contribution in [0.4, 0.5) is 5.82 Å². The van der Waals surface area contributed by atoms with Crippen molar-refractivity contribution in [2.45, 2.75) is 0 Å². The maximum absolute atomic E-state index is 12.7. The molecule has 1 amide bonds. The number of benzene rings is 2. The summed E-state index contributed by atoms with van der Waals surface area (Å²) in [7, 11) is 1.62. The number of anilines is 1. The van der Waals surface area contributed by atoms with Gasteiger partial charge in [-0.15, -0.1) is 0 Å². The van der Waals surface area contributed by atoms with Crippen LogP contribution >= 0.6 is 0 Å². The molecule has 132 valence electrons. The first-order chi connectivity index (χ1) is 12.7. The number of nitrogens with zero attached hydrogens (tertiary/aromatic N) is 3. The van der Waals surface area contributed by atoms with Crippen molar-refractivity contribution in [3.63, 3.8) is 0 Å². The van der Waals surface area contributed by atoms with Crippen molar-refractivity contribution in [1.82, 2.24) is 9.88 Å². The van der Waals surface area contributed by atoms with Crippen molar-refractivity contribution in [2.75, 3.05) is 38.2 Å². The summed E-state index contributed by atoms with van der Waals surface area (Å²) in [6.45, 7) is 2.96. The van der Waals surface area contributed by atoms with E-state index >= 15 is 0 Å². The van der Waals surface area contributed by atoms with Gasteiger partial charge >= 0.3 is 0 Å². The van der Waals surface area contributed by atoms with E-state index in [2.05, 4.69) is 28.1 Å². The molecule has 1 fully saturated rings. The summed E-state index contributed by atoms with van der Waals surface area (Å²) in [6, 6.07) is 17.6. The molecule has 2 heterocycles. The van der Waals surface area contributed by atoms with Gasteiger partial charge in [0.1, 0.15) is 11.6 Å². The van der Waals surface area contributed by atoms with Crippen molar-refractivity contribution in [3.8, 4) is 5.75 Å². The zero-order valence-corrected chi connectivity index (χ0v) is 14.8. The Labute approximate surface area is 152 Å². The van der Waals surface area contributed by atoms with E-state index in [1.165, 1.54) is 5.39 Å². The van der Waals surface area contributed by atoms with Gasteiger partial charge in [0.15, 0.2) is 0 Å². The van der Waals surface area contributed by atoms with Gasteiger partial charge in [-0.25, -0.2) is 4.98 Å². The minimum absolute atomic E-state index is 0.0683. The zero-order chi connectivity index (χ0) is 17.9. The fourth-order valence-corrected chi connectivity index (χ4v) is 3.30. The lowest BCUT2D eigenvalue weighted by Crippen LogP contribution is -2.49. The van der Waals surface area contributed by atoms with Crippen LogP contribution in [0.1, 0.15) is 10.4 Å². The highest BCUT2D eigenvalue weighted by atomic mass is 16.5. The number of carbonyl (C=O) groups excluding carboxylic acids is 1. The summed E-state index contributed by atoms with van der Waals surface area (Å²) in [5, 5.41) is 2.33. The number of aromatic nitrogens is 1. The van der Waals surface area contributed by atoms with Gasteiger partial charge in [-0.2, -0.15) is 0 Å². The molecule has 0 radical (unpaired) electrons. The third-order valence-electron chi connectivity index (χ3n) is 4.84.